The second-order valence-corrected chi connectivity index (χ2v) is 5.08. The summed E-state index contributed by atoms with van der Waals surface area (Å²) in [6.45, 7) is 6.92. The molecule has 0 bridgehead atoms. The first kappa shape index (κ1) is 16.7. The second-order valence-electron chi connectivity index (χ2n) is 5.08. The smallest absolute Gasteiger partial charge is 0.237 e. The van der Waals surface area contributed by atoms with Gasteiger partial charge in [-0.15, -0.1) is 12.4 Å². The third kappa shape index (κ3) is 5.70. The van der Waals surface area contributed by atoms with Crippen LogP contribution in [0, 0.1) is 5.92 Å². The lowest BCUT2D eigenvalue weighted by Gasteiger charge is -2.22. The molecule has 102 valence electrons. The van der Waals surface area contributed by atoms with Crippen molar-refractivity contribution in [3.8, 4) is 0 Å². The van der Waals surface area contributed by atoms with Gasteiger partial charge in [0.2, 0.25) is 5.91 Å². The average Bonchev–Trinajstić information content (AvgIpc) is 2.68. The Morgan fingerprint density at radius 1 is 1.47 bits per heavy atom. The molecule has 0 aromatic rings. The lowest BCUT2D eigenvalue weighted by Crippen LogP contribution is -2.48. The van der Waals surface area contributed by atoms with Gasteiger partial charge in [0.1, 0.15) is 0 Å². The summed E-state index contributed by atoms with van der Waals surface area (Å²) in [5.74, 6) is 0.385. The van der Waals surface area contributed by atoms with Crippen molar-refractivity contribution < 1.29 is 9.53 Å². The van der Waals surface area contributed by atoms with Crippen LogP contribution in [0.25, 0.3) is 0 Å². The number of hydrogen-bond donors (Lipinski definition) is 2. The fraction of sp³-hybridized carbons (Fsp3) is 0.917. The zero-order chi connectivity index (χ0) is 12.1. The van der Waals surface area contributed by atoms with Crippen molar-refractivity contribution in [1.29, 1.82) is 0 Å². The minimum Gasteiger partial charge on any atom is -0.376 e. The number of hydrogen-bond acceptors (Lipinski definition) is 3. The Labute approximate surface area is 110 Å². The van der Waals surface area contributed by atoms with Gasteiger partial charge in [-0.05, 0) is 32.1 Å². The van der Waals surface area contributed by atoms with Crippen LogP contribution in [-0.2, 0) is 9.53 Å². The number of carbonyl (C=O) groups is 1. The highest BCUT2D eigenvalue weighted by Gasteiger charge is 2.25. The predicted octanol–water partition coefficient (Wildman–Crippen LogP) is 1.47. The summed E-state index contributed by atoms with van der Waals surface area (Å²) < 4.78 is 5.52. The van der Waals surface area contributed by atoms with Crippen LogP contribution >= 0.6 is 12.4 Å². The van der Waals surface area contributed by atoms with E-state index in [1.165, 1.54) is 0 Å². The van der Waals surface area contributed by atoms with Crippen molar-refractivity contribution in [2.75, 3.05) is 6.61 Å². The molecule has 0 aromatic carbocycles. The first-order chi connectivity index (χ1) is 7.50. The highest BCUT2D eigenvalue weighted by molar-refractivity contribution is 5.85. The van der Waals surface area contributed by atoms with Gasteiger partial charge < -0.3 is 15.8 Å². The molecule has 1 aliphatic rings. The lowest BCUT2D eigenvalue weighted by molar-refractivity contribution is -0.124. The molecule has 2 unspecified atom stereocenters. The number of nitrogens with one attached hydrogen (secondary N) is 1. The molecule has 1 saturated heterocycles. The Balaban J connectivity index is 0.00000256. The van der Waals surface area contributed by atoms with Crippen LogP contribution in [0.4, 0.5) is 0 Å². The van der Waals surface area contributed by atoms with Crippen LogP contribution in [0.2, 0.25) is 0 Å². The maximum Gasteiger partial charge on any atom is 0.237 e. The maximum absolute atomic E-state index is 11.8. The zero-order valence-electron chi connectivity index (χ0n) is 10.9. The first-order valence-electron chi connectivity index (χ1n) is 6.18. The molecule has 5 heteroatoms. The monoisotopic (exact) mass is 264 g/mol. The number of nitrogens with two attached hydrogens (primary N) is 1. The minimum absolute atomic E-state index is 0. The average molecular weight is 265 g/mol. The number of amides is 1. The predicted molar refractivity (Wildman–Crippen MR) is 71.3 cm³/mol. The summed E-state index contributed by atoms with van der Waals surface area (Å²) in [5.41, 5.74) is 5.81. The fourth-order valence-electron chi connectivity index (χ4n) is 2.04. The van der Waals surface area contributed by atoms with Crippen LogP contribution in [0.5, 0.6) is 0 Å². The third-order valence-corrected chi connectivity index (χ3v) is 2.95. The number of carbonyl (C=O) groups excluding carboxylic acids is 1. The van der Waals surface area contributed by atoms with E-state index in [0.717, 1.165) is 25.9 Å². The highest BCUT2D eigenvalue weighted by Crippen LogP contribution is 2.15. The molecule has 17 heavy (non-hydrogen) atoms. The van der Waals surface area contributed by atoms with Gasteiger partial charge in [0.15, 0.2) is 0 Å². The molecule has 1 amide bonds. The third-order valence-electron chi connectivity index (χ3n) is 2.95. The summed E-state index contributed by atoms with van der Waals surface area (Å²) in [4.78, 5) is 11.8. The van der Waals surface area contributed by atoms with E-state index in [1.807, 2.05) is 6.92 Å². The molecule has 1 aliphatic heterocycles. The van der Waals surface area contributed by atoms with Gasteiger partial charge in [0.25, 0.3) is 0 Å². The Morgan fingerprint density at radius 3 is 2.59 bits per heavy atom. The quantitative estimate of drug-likeness (QED) is 0.790. The molecule has 0 aliphatic carbocycles. The Kier molecular flexibility index (Phi) is 7.75. The molecule has 4 nitrogen and oxygen atoms in total. The molecular weight excluding hydrogens is 240 g/mol. The van der Waals surface area contributed by atoms with Gasteiger partial charge in [-0.25, -0.2) is 0 Å². The number of halogens is 1. The highest BCUT2D eigenvalue weighted by atomic mass is 35.5. The molecule has 1 fully saturated rings. The first-order valence-corrected chi connectivity index (χ1v) is 6.18. The van der Waals surface area contributed by atoms with Crippen molar-refractivity contribution >= 4 is 18.3 Å². The molecule has 0 saturated carbocycles. The standard InChI is InChI=1S/C12H24N2O2.ClH/c1-8(2)7-10(13)12(15)14-9(3)11-5-4-6-16-11;/h8-11H,4-7,13H2,1-3H3,(H,14,15);1H/t9?,10-,11?;/m0./s1. The van der Waals surface area contributed by atoms with Crippen LogP contribution in [0.1, 0.15) is 40.0 Å². The van der Waals surface area contributed by atoms with E-state index < -0.39 is 6.04 Å². The van der Waals surface area contributed by atoms with E-state index in [1.54, 1.807) is 0 Å². The van der Waals surface area contributed by atoms with Gasteiger partial charge >= 0.3 is 0 Å². The SMILES string of the molecule is CC(C)C[C@H](N)C(=O)NC(C)C1CCCO1.Cl. The Hall–Kier alpha value is -0.320. The zero-order valence-corrected chi connectivity index (χ0v) is 11.8. The molecule has 3 N–H and O–H groups in total. The van der Waals surface area contributed by atoms with Crippen LogP contribution in [0.3, 0.4) is 0 Å². The van der Waals surface area contributed by atoms with E-state index in [-0.39, 0.29) is 30.5 Å². The molecule has 0 spiro atoms. The second kappa shape index (κ2) is 7.90. The number of ether oxygens (including phenoxy) is 1. The topological polar surface area (TPSA) is 64.4 Å². The van der Waals surface area contributed by atoms with Gasteiger partial charge in [-0.3, -0.25) is 4.79 Å². The van der Waals surface area contributed by atoms with Crippen molar-refractivity contribution in [1.82, 2.24) is 5.32 Å². The molecule has 1 heterocycles. The minimum atomic E-state index is -0.399. The van der Waals surface area contributed by atoms with E-state index in [2.05, 4.69) is 19.2 Å². The molecule has 3 atom stereocenters. The van der Waals surface area contributed by atoms with E-state index in [0.29, 0.717) is 5.92 Å². The van der Waals surface area contributed by atoms with E-state index in [4.69, 9.17) is 10.5 Å². The van der Waals surface area contributed by atoms with E-state index >= 15 is 0 Å². The normalized spacial score (nSPS) is 23.0. The molecule has 1 rings (SSSR count). The summed E-state index contributed by atoms with van der Waals surface area (Å²) in [7, 11) is 0. The van der Waals surface area contributed by atoms with Gasteiger partial charge in [0, 0.05) is 6.61 Å². The summed E-state index contributed by atoms with van der Waals surface area (Å²) in [6, 6.07) is -0.336. The Morgan fingerprint density at radius 2 is 2.12 bits per heavy atom. The summed E-state index contributed by atoms with van der Waals surface area (Å²) in [5, 5.41) is 2.94. The fourth-order valence-corrected chi connectivity index (χ4v) is 2.04. The molecular formula is C12H25ClN2O2. The summed E-state index contributed by atoms with van der Waals surface area (Å²) in [6.07, 6.45) is 3.00. The van der Waals surface area contributed by atoms with Gasteiger partial charge in [-0.2, -0.15) is 0 Å². The lowest BCUT2D eigenvalue weighted by atomic mass is 10.0. The van der Waals surface area contributed by atoms with Crippen molar-refractivity contribution in [3.05, 3.63) is 0 Å². The number of rotatable bonds is 5. The van der Waals surface area contributed by atoms with E-state index in [9.17, 15) is 4.79 Å². The van der Waals surface area contributed by atoms with Crippen molar-refractivity contribution in [2.24, 2.45) is 11.7 Å². The molecule has 0 radical (unpaired) electrons. The van der Waals surface area contributed by atoms with Crippen molar-refractivity contribution in [3.63, 3.8) is 0 Å². The van der Waals surface area contributed by atoms with Crippen LogP contribution < -0.4 is 11.1 Å². The van der Waals surface area contributed by atoms with Crippen molar-refractivity contribution in [2.45, 2.75) is 58.2 Å². The summed E-state index contributed by atoms with van der Waals surface area (Å²) >= 11 is 0. The van der Waals surface area contributed by atoms with Gasteiger partial charge in [-0.1, -0.05) is 13.8 Å². The molecule has 0 aromatic heterocycles. The van der Waals surface area contributed by atoms with Crippen LogP contribution in [-0.4, -0.2) is 30.7 Å². The van der Waals surface area contributed by atoms with Crippen LogP contribution in [0.15, 0.2) is 0 Å². The maximum atomic E-state index is 11.8. The Bertz CT molecular complexity index is 231. The van der Waals surface area contributed by atoms with Gasteiger partial charge in [0.05, 0.1) is 18.2 Å². The largest absolute Gasteiger partial charge is 0.376 e.